The number of para-hydroxylation sites is 1. The molecular weight excluding hydrogens is 424 g/mol. The number of benzene rings is 2. The number of aryl methyl sites for hydroxylation is 1. The Morgan fingerprint density at radius 1 is 1.07 bits per heavy atom. The summed E-state index contributed by atoms with van der Waals surface area (Å²) < 4.78 is 8.39. The summed E-state index contributed by atoms with van der Waals surface area (Å²) in [6, 6.07) is 17.7. The number of thiophene rings is 1. The molecule has 4 aromatic rings. The molecule has 0 unspecified atom stereocenters. The Kier molecular flexibility index (Phi) is 5.36. The van der Waals surface area contributed by atoms with E-state index in [0.717, 1.165) is 32.6 Å². The predicted molar refractivity (Wildman–Crippen MR) is 114 cm³/mol. The predicted octanol–water partition coefficient (Wildman–Crippen LogP) is 5.36. The van der Waals surface area contributed by atoms with Gasteiger partial charge in [0.05, 0.1) is 18.3 Å². The Morgan fingerprint density at radius 3 is 2.63 bits per heavy atom. The molecule has 0 N–H and O–H groups in total. The highest BCUT2D eigenvalue weighted by Gasteiger charge is 2.13. The number of ether oxygens (including phenoxy) is 1. The molecule has 0 aliphatic rings. The average molecular weight is 441 g/mol. The van der Waals surface area contributed by atoms with Crippen molar-refractivity contribution in [1.82, 2.24) is 9.55 Å². The Bertz CT molecular complexity index is 1100. The van der Waals surface area contributed by atoms with Crippen LogP contribution in [0.5, 0.6) is 5.75 Å². The highest BCUT2D eigenvalue weighted by molar-refractivity contribution is 9.10. The standard InChI is InChI=1S/C21H17BrN2O2S/c22-16-9-7-15(8-10-16)18-13-27-20-19(18)21(25)24(14-23-20)11-4-12-26-17-5-2-1-3-6-17/h1-3,5-10,13-14H,4,11-12H2. The monoisotopic (exact) mass is 440 g/mol. The lowest BCUT2D eigenvalue weighted by Gasteiger charge is -2.08. The summed E-state index contributed by atoms with van der Waals surface area (Å²) in [5.74, 6) is 0.841. The Hall–Kier alpha value is -2.44. The maximum atomic E-state index is 13.0. The molecule has 0 bridgehead atoms. The SMILES string of the molecule is O=c1c2c(-c3ccc(Br)cc3)csc2ncn1CCCOc1ccccc1. The van der Waals surface area contributed by atoms with Crippen LogP contribution in [0.3, 0.4) is 0 Å². The number of rotatable bonds is 6. The highest BCUT2D eigenvalue weighted by atomic mass is 79.9. The minimum Gasteiger partial charge on any atom is -0.494 e. The van der Waals surface area contributed by atoms with E-state index in [1.54, 1.807) is 10.9 Å². The number of fused-ring (bicyclic) bond motifs is 1. The molecule has 4 rings (SSSR count). The van der Waals surface area contributed by atoms with Crippen molar-refractivity contribution in [2.45, 2.75) is 13.0 Å². The van der Waals surface area contributed by atoms with E-state index in [2.05, 4.69) is 20.9 Å². The number of aromatic nitrogens is 2. The van der Waals surface area contributed by atoms with Crippen LogP contribution < -0.4 is 10.3 Å². The third-order valence-corrected chi connectivity index (χ3v) is 5.69. The fraction of sp³-hybridized carbons (Fsp3) is 0.143. The molecule has 0 saturated carbocycles. The summed E-state index contributed by atoms with van der Waals surface area (Å²) in [5.41, 5.74) is 1.96. The van der Waals surface area contributed by atoms with Crippen molar-refractivity contribution in [2.75, 3.05) is 6.61 Å². The molecule has 0 aliphatic heterocycles. The van der Waals surface area contributed by atoms with E-state index in [1.807, 2.05) is 60.0 Å². The molecule has 6 heteroatoms. The Labute approximate surface area is 169 Å². The third-order valence-electron chi connectivity index (χ3n) is 4.27. The fourth-order valence-corrected chi connectivity index (χ4v) is 4.08. The molecule has 0 amide bonds. The molecule has 2 aromatic carbocycles. The van der Waals surface area contributed by atoms with Crippen molar-refractivity contribution in [3.8, 4) is 16.9 Å². The van der Waals surface area contributed by atoms with Gasteiger partial charge in [-0.2, -0.15) is 0 Å². The molecular formula is C21H17BrN2O2S. The average Bonchev–Trinajstić information content (AvgIpc) is 3.13. The number of halogens is 1. The van der Waals surface area contributed by atoms with E-state index < -0.39 is 0 Å². The zero-order valence-electron chi connectivity index (χ0n) is 14.5. The Morgan fingerprint density at radius 2 is 1.85 bits per heavy atom. The maximum absolute atomic E-state index is 13.0. The van der Waals surface area contributed by atoms with Crippen LogP contribution in [0.25, 0.3) is 21.3 Å². The molecule has 27 heavy (non-hydrogen) atoms. The van der Waals surface area contributed by atoms with Crippen molar-refractivity contribution < 1.29 is 4.74 Å². The third kappa shape index (κ3) is 3.96. The first-order valence-electron chi connectivity index (χ1n) is 8.63. The highest BCUT2D eigenvalue weighted by Crippen LogP contribution is 2.31. The summed E-state index contributed by atoms with van der Waals surface area (Å²) in [6.45, 7) is 1.13. The fourth-order valence-electron chi connectivity index (χ4n) is 2.91. The van der Waals surface area contributed by atoms with Crippen LogP contribution >= 0.6 is 27.3 Å². The summed E-state index contributed by atoms with van der Waals surface area (Å²) in [6.07, 6.45) is 2.37. The van der Waals surface area contributed by atoms with Crippen molar-refractivity contribution in [2.24, 2.45) is 0 Å². The molecule has 0 radical (unpaired) electrons. The minimum atomic E-state index is -0.00104. The number of hydrogen-bond acceptors (Lipinski definition) is 4. The van der Waals surface area contributed by atoms with Gasteiger partial charge in [0.15, 0.2) is 0 Å². The normalized spacial score (nSPS) is 11.0. The lowest BCUT2D eigenvalue weighted by atomic mass is 10.1. The molecule has 0 aliphatic carbocycles. The molecule has 2 heterocycles. The van der Waals surface area contributed by atoms with Gasteiger partial charge in [-0.15, -0.1) is 11.3 Å². The zero-order chi connectivity index (χ0) is 18.6. The van der Waals surface area contributed by atoms with E-state index in [4.69, 9.17) is 4.74 Å². The van der Waals surface area contributed by atoms with Gasteiger partial charge in [-0.1, -0.05) is 46.3 Å². The first-order chi connectivity index (χ1) is 13.2. The van der Waals surface area contributed by atoms with Gasteiger partial charge in [0.1, 0.15) is 10.6 Å². The van der Waals surface area contributed by atoms with Gasteiger partial charge in [0, 0.05) is 22.0 Å². The lowest BCUT2D eigenvalue weighted by molar-refractivity contribution is 0.301. The first kappa shape index (κ1) is 17.9. The second-order valence-electron chi connectivity index (χ2n) is 6.09. The van der Waals surface area contributed by atoms with Gasteiger partial charge < -0.3 is 4.74 Å². The van der Waals surface area contributed by atoms with Crippen LogP contribution in [0.15, 0.2) is 75.6 Å². The molecule has 2 aromatic heterocycles. The quantitative estimate of drug-likeness (QED) is 0.379. The van der Waals surface area contributed by atoms with Crippen molar-refractivity contribution in [1.29, 1.82) is 0 Å². The summed E-state index contributed by atoms with van der Waals surface area (Å²) >= 11 is 4.95. The molecule has 0 atom stereocenters. The van der Waals surface area contributed by atoms with Gasteiger partial charge in [0.25, 0.3) is 5.56 Å². The molecule has 0 saturated heterocycles. The van der Waals surface area contributed by atoms with Crippen LogP contribution in [-0.2, 0) is 6.54 Å². The van der Waals surface area contributed by atoms with Gasteiger partial charge >= 0.3 is 0 Å². The van der Waals surface area contributed by atoms with Crippen LogP contribution in [0, 0.1) is 0 Å². The first-order valence-corrected chi connectivity index (χ1v) is 10.3. The summed E-state index contributed by atoms with van der Waals surface area (Å²) in [5, 5.41) is 2.69. The largest absolute Gasteiger partial charge is 0.494 e. The van der Waals surface area contributed by atoms with Crippen LogP contribution in [0.2, 0.25) is 0 Å². The second-order valence-corrected chi connectivity index (χ2v) is 7.87. The number of nitrogens with zero attached hydrogens (tertiary/aromatic N) is 2. The van der Waals surface area contributed by atoms with E-state index in [1.165, 1.54) is 11.3 Å². The van der Waals surface area contributed by atoms with Crippen LogP contribution in [-0.4, -0.2) is 16.2 Å². The van der Waals surface area contributed by atoms with E-state index >= 15 is 0 Å². The lowest BCUT2D eigenvalue weighted by Crippen LogP contribution is -2.21. The topological polar surface area (TPSA) is 44.1 Å². The molecule has 0 fully saturated rings. The smallest absolute Gasteiger partial charge is 0.262 e. The van der Waals surface area contributed by atoms with Crippen molar-refractivity contribution >= 4 is 37.5 Å². The maximum Gasteiger partial charge on any atom is 0.262 e. The summed E-state index contributed by atoms with van der Waals surface area (Å²) in [4.78, 5) is 18.2. The van der Waals surface area contributed by atoms with Crippen LogP contribution in [0.1, 0.15) is 6.42 Å². The molecule has 4 nitrogen and oxygen atoms in total. The number of hydrogen-bond donors (Lipinski definition) is 0. The Balaban J connectivity index is 1.54. The molecule has 136 valence electrons. The second kappa shape index (κ2) is 8.06. The van der Waals surface area contributed by atoms with E-state index in [0.29, 0.717) is 18.5 Å². The van der Waals surface area contributed by atoms with Gasteiger partial charge in [-0.05, 0) is 36.2 Å². The molecule has 0 spiro atoms. The van der Waals surface area contributed by atoms with E-state index in [9.17, 15) is 4.79 Å². The van der Waals surface area contributed by atoms with Gasteiger partial charge in [-0.25, -0.2) is 4.98 Å². The summed E-state index contributed by atoms with van der Waals surface area (Å²) in [7, 11) is 0. The zero-order valence-corrected chi connectivity index (χ0v) is 16.9. The van der Waals surface area contributed by atoms with E-state index in [-0.39, 0.29) is 5.56 Å². The van der Waals surface area contributed by atoms with Gasteiger partial charge in [-0.3, -0.25) is 9.36 Å². The van der Waals surface area contributed by atoms with Crippen molar-refractivity contribution in [3.05, 3.63) is 81.1 Å². The van der Waals surface area contributed by atoms with Crippen molar-refractivity contribution in [3.63, 3.8) is 0 Å². The minimum absolute atomic E-state index is 0.00104. The van der Waals surface area contributed by atoms with Gasteiger partial charge in [0.2, 0.25) is 0 Å². The van der Waals surface area contributed by atoms with Crippen LogP contribution in [0.4, 0.5) is 0 Å².